The summed E-state index contributed by atoms with van der Waals surface area (Å²) < 4.78 is 5.97. The summed E-state index contributed by atoms with van der Waals surface area (Å²) in [4.78, 5) is 2.27. The maximum atomic E-state index is 5.50. The van der Waals surface area contributed by atoms with Gasteiger partial charge >= 0.3 is 0 Å². The highest BCUT2D eigenvalue weighted by Crippen LogP contribution is 2.18. The molecule has 4 heteroatoms. The van der Waals surface area contributed by atoms with Crippen molar-refractivity contribution in [2.24, 2.45) is 5.73 Å². The van der Waals surface area contributed by atoms with Crippen LogP contribution in [-0.2, 0) is 6.54 Å². The van der Waals surface area contributed by atoms with E-state index in [9.17, 15) is 0 Å². The molecule has 0 aromatic carbocycles. The van der Waals surface area contributed by atoms with E-state index in [1.165, 1.54) is 5.56 Å². The Kier molecular flexibility index (Phi) is 4.48. The van der Waals surface area contributed by atoms with Gasteiger partial charge in [-0.2, -0.15) is 0 Å². The molecular weight excluding hydrogens is 232 g/mol. The fourth-order valence-corrected chi connectivity index (χ4v) is 1.57. The number of nitrogens with two attached hydrogens (primary N) is 1. The molecule has 1 heterocycles. The van der Waals surface area contributed by atoms with Gasteiger partial charge in [-0.05, 0) is 28.5 Å². The Hall–Kier alpha value is -0.320. The van der Waals surface area contributed by atoms with Gasteiger partial charge in [-0.1, -0.05) is 6.92 Å². The van der Waals surface area contributed by atoms with E-state index >= 15 is 0 Å². The van der Waals surface area contributed by atoms with Crippen LogP contribution < -0.4 is 5.73 Å². The zero-order chi connectivity index (χ0) is 9.68. The molecule has 0 saturated heterocycles. The fourth-order valence-electron chi connectivity index (χ4n) is 1.20. The number of furan rings is 1. The van der Waals surface area contributed by atoms with Crippen LogP contribution in [0.2, 0.25) is 0 Å². The predicted octanol–water partition coefficient (Wildman–Crippen LogP) is 1.82. The molecule has 74 valence electrons. The van der Waals surface area contributed by atoms with E-state index in [1.54, 1.807) is 6.26 Å². The Morgan fingerprint density at radius 3 is 2.85 bits per heavy atom. The van der Waals surface area contributed by atoms with E-state index in [2.05, 4.69) is 27.8 Å². The van der Waals surface area contributed by atoms with Crippen LogP contribution in [0, 0.1) is 0 Å². The Bertz CT molecular complexity index is 250. The first kappa shape index (κ1) is 10.8. The normalized spacial score (nSPS) is 11.1. The highest BCUT2D eigenvalue weighted by atomic mass is 79.9. The lowest BCUT2D eigenvalue weighted by Crippen LogP contribution is -2.28. The summed E-state index contributed by atoms with van der Waals surface area (Å²) in [5.74, 6) is 0. The van der Waals surface area contributed by atoms with Crippen molar-refractivity contribution in [1.82, 2.24) is 4.90 Å². The van der Waals surface area contributed by atoms with Gasteiger partial charge in [0.25, 0.3) is 0 Å². The second-order valence-corrected chi connectivity index (χ2v) is 3.60. The van der Waals surface area contributed by atoms with Gasteiger partial charge in [0.1, 0.15) is 0 Å². The second kappa shape index (κ2) is 5.42. The van der Waals surface area contributed by atoms with Crippen LogP contribution in [-0.4, -0.2) is 24.5 Å². The third-order valence-electron chi connectivity index (χ3n) is 1.98. The summed E-state index contributed by atoms with van der Waals surface area (Å²) >= 11 is 3.35. The Morgan fingerprint density at radius 2 is 2.38 bits per heavy atom. The first-order valence-electron chi connectivity index (χ1n) is 4.42. The third kappa shape index (κ3) is 3.14. The maximum Gasteiger partial charge on any atom is 0.173 e. The van der Waals surface area contributed by atoms with Crippen molar-refractivity contribution in [2.45, 2.75) is 13.5 Å². The number of nitrogens with zero attached hydrogens (tertiary/aromatic N) is 1. The summed E-state index contributed by atoms with van der Waals surface area (Å²) in [5, 5.41) is 0. The van der Waals surface area contributed by atoms with Crippen molar-refractivity contribution in [1.29, 1.82) is 0 Å². The van der Waals surface area contributed by atoms with E-state index in [4.69, 9.17) is 10.2 Å². The predicted molar refractivity (Wildman–Crippen MR) is 56.4 cm³/mol. The summed E-state index contributed by atoms with van der Waals surface area (Å²) in [6, 6.07) is 1.98. The van der Waals surface area contributed by atoms with E-state index in [-0.39, 0.29) is 0 Å². The lowest BCUT2D eigenvalue weighted by Gasteiger charge is -2.18. The minimum Gasteiger partial charge on any atom is -0.457 e. The van der Waals surface area contributed by atoms with Crippen LogP contribution in [0.4, 0.5) is 0 Å². The van der Waals surface area contributed by atoms with Gasteiger partial charge in [-0.25, -0.2) is 0 Å². The van der Waals surface area contributed by atoms with Crippen LogP contribution in [0.1, 0.15) is 12.5 Å². The molecule has 0 fully saturated rings. The van der Waals surface area contributed by atoms with E-state index in [1.807, 2.05) is 6.07 Å². The molecule has 13 heavy (non-hydrogen) atoms. The molecule has 0 aliphatic heterocycles. The zero-order valence-electron chi connectivity index (χ0n) is 7.79. The molecule has 1 aromatic heterocycles. The van der Waals surface area contributed by atoms with Gasteiger partial charge in [0, 0.05) is 25.2 Å². The number of halogens is 1. The lowest BCUT2D eigenvalue weighted by atomic mass is 10.3. The van der Waals surface area contributed by atoms with Gasteiger partial charge in [0.05, 0.1) is 6.26 Å². The molecule has 0 aliphatic rings. The number of hydrogen-bond donors (Lipinski definition) is 1. The molecule has 0 bridgehead atoms. The standard InChI is InChI=1S/C9H15BrN2O/c1-2-12(5-4-11)7-8-3-6-13-9(8)10/h3,6H,2,4-5,7,11H2,1H3. The topological polar surface area (TPSA) is 42.4 Å². The smallest absolute Gasteiger partial charge is 0.173 e. The summed E-state index contributed by atoms with van der Waals surface area (Å²) in [6.45, 7) is 5.65. The van der Waals surface area contributed by atoms with Gasteiger partial charge < -0.3 is 10.2 Å². The van der Waals surface area contributed by atoms with Gasteiger partial charge in [-0.3, -0.25) is 4.90 Å². The first-order chi connectivity index (χ1) is 6.27. The van der Waals surface area contributed by atoms with Crippen molar-refractivity contribution in [3.05, 3.63) is 22.6 Å². The van der Waals surface area contributed by atoms with Crippen molar-refractivity contribution >= 4 is 15.9 Å². The Balaban J connectivity index is 2.51. The van der Waals surface area contributed by atoms with Crippen LogP contribution in [0.3, 0.4) is 0 Å². The average Bonchev–Trinajstić information content (AvgIpc) is 2.51. The molecular formula is C9H15BrN2O. The van der Waals surface area contributed by atoms with Crippen molar-refractivity contribution in [3.8, 4) is 0 Å². The molecule has 1 aromatic rings. The molecule has 0 radical (unpaired) electrons. The van der Waals surface area contributed by atoms with Gasteiger partial charge in [0.2, 0.25) is 0 Å². The Labute approximate surface area is 87.0 Å². The van der Waals surface area contributed by atoms with Crippen molar-refractivity contribution in [3.63, 3.8) is 0 Å². The molecule has 3 nitrogen and oxygen atoms in total. The molecule has 2 N–H and O–H groups in total. The monoisotopic (exact) mass is 246 g/mol. The summed E-state index contributed by atoms with van der Waals surface area (Å²) in [6.07, 6.45) is 1.69. The summed E-state index contributed by atoms with van der Waals surface area (Å²) in [7, 11) is 0. The molecule has 1 rings (SSSR count). The number of rotatable bonds is 5. The molecule has 0 saturated carbocycles. The second-order valence-electron chi connectivity index (χ2n) is 2.88. The molecule has 0 unspecified atom stereocenters. The molecule has 0 amide bonds. The van der Waals surface area contributed by atoms with E-state index < -0.39 is 0 Å². The first-order valence-corrected chi connectivity index (χ1v) is 5.21. The van der Waals surface area contributed by atoms with E-state index in [0.29, 0.717) is 6.54 Å². The highest BCUT2D eigenvalue weighted by molar-refractivity contribution is 9.10. The minimum absolute atomic E-state index is 0.698. The zero-order valence-corrected chi connectivity index (χ0v) is 9.38. The number of hydrogen-bond acceptors (Lipinski definition) is 3. The highest BCUT2D eigenvalue weighted by Gasteiger charge is 2.07. The number of likely N-dealkylation sites (N-methyl/N-ethyl adjacent to an activating group) is 1. The fraction of sp³-hybridized carbons (Fsp3) is 0.556. The Morgan fingerprint density at radius 1 is 1.62 bits per heavy atom. The largest absolute Gasteiger partial charge is 0.457 e. The minimum atomic E-state index is 0.698. The van der Waals surface area contributed by atoms with Crippen LogP contribution in [0.25, 0.3) is 0 Å². The molecule has 0 atom stereocenters. The van der Waals surface area contributed by atoms with Crippen LogP contribution in [0.15, 0.2) is 21.4 Å². The van der Waals surface area contributed by atoms with Gasteiger partial charge in [0.15, 0.2) is 4.67 Å². The SMILES string of the molecule is CCN(CCN)Cc1ccoc1Br. The quantitative estimate of drug-likeness (QED) is 0.863. The molecule has 0 spiro atoms. The average molecular weight is 247 g/mol. The van der Waals surface area contributed by atoms with Gasteiger partial charge in [-0.15, -0.1) is 0 Å². The molecule has 0 aliphatic carbocycles. The van der Waals surface area contributed by atoms with Crippen molar-refractivity contribution < 1.29 is 4.42 Å². The third-order valence-corrected chi connectivity index (χ3v) is 2.68. The lowest BCUT2D eigenvalue weighted by molar-refractivity contribution is 0.286. The van der Waals surface area contributed by atoms with Crippen LogP contribution in [0.5, 0.6) is 0 Å². The summed E-state index contributed by atoms with van der Waals surface area (Å²) in [5.41, 5.74) is 6.67. The maximum absolute atomic E-state index is 5.50. The van der Waals surface area contributed by atoms with Crippen LogP contribution >= 0.6 is 15.9 Å². The van der Waals surface area contributed by atoms with E-state index in [0.717, 1.165) is 24.3 Å². The van der Waals surface area contributed by atoms with Crippen molar-refractivity contribution in [2.75, 3.05) is 19.6 Å².